The van der Waals surface area contributed by atoms with Gasteiger partial charge in [-0.15, -0.1) is 0 Å². The molecule has 302 valence electrons. The molecule has 5 heteroatoms. The van der Waals surface area contributed by atoms with Crippen molar-refractivity contribution < 1.29 is 9.47 Å². The Morgan fingerprint density at radius 3 is 1.98 bits per heavy atom. The van der Waals surface area contributed by atoms with Crippen LogP contribution in [0.15, 0.2) is 84.0 Å². The van der Waals surface area contributed by atoms with Crippen LogP contribution in [0.4, 0.5) is 17.2 Å². The van der Waals surface area contributed by atoms with Crippen LogP contribution in [0.2, 0.25) is 0 Å². The van der Waals surface area contributed by atoms with Gasteiger partial charge in [0.25, 0.3) is 0 Å². The van der Waals surface area contributed by atoms with Gasteiger partial charge >= 0.3 is 0 Å². The predicted molar refractivity (Wildman–Crippen MR) is 241 cm³/mol. The second-order valence-electron chi connectivity index (χ2n) is 21.4. The molecule has 0 spiro atoms. The number of ether oxygens (including phenoxy) is 2. The zero-order valence-electron chi connectivity index (χ0n) is 37.9. The van der Waals surface area contributed by atoms with E-state index in [1.807, 2.05) is 6.20 Å². The molecule has 5 nitrogen and oxygen atoms in total. The van der Waals surface area contributed by atoms with Crippen molar-refractivity contribution in [3.63, 3.8) is 0 Å². The predicted octanol–water partition coefficient (Wildman–Crippen LogP) is 13.8. The van der Waals surface area contributed by atoms with Gasteiger partial charge in [-0.2, -0.15) is 0 Å². The fourth-order valence-electron chi connectivity index (χ4n) is 9.99. The molecule has 3 aliphatic rings. The topological polar surface area (TPSA) is 47.0 Å². The smallest absolute Gasteiger partial charge is 0.217 e. The van der Waals surface area contributed by atoms with Crippen molar-refractivity contribution >= 4 is 23.1 Å². The molecule has 0 amide bonds. The van der Waals surface area contributed by atoms with E-state index in [-0.39, 0.29) is 21.7 Å². The van der Waals surface area contributed by atoms with Gasteiger partial charge in [-0.05, 0) is 132 Å². The molecule has 4 aromatic carbocycles. The number of nitrogens with zero attached hydrogens (tertiary/aromatic N) is 3. The molecule has 3 heterocycles. The number of hydrogen-bond donors (Lipinski definition) is 0. The average molecular weight is 774 g/mol. The second kappa shape index (κ2) is 12.8. The van der Waals surface area contributed by atoms with Gasteiger partial charge in [-0.1, -0.05) is 106 Å². The Kier molecular flexibility index (Phi) is 8.81. The molecule has 0 radical (unpaired) electrons. The molecule has 0 N–H and O–H groups in total. The third kappa shape index (κ3) is 6.09. The Labute approximate surface area is 348 Å². The molecule has 5 aromatic rings. The normalized spacial score (nSPS) is 20.8. The lowest BCUT2D eigenvalue weighted by atomic mass is 9.65. The minimum absolute atomic E-state index is 0.0275. The van der Waals surface area contributed by atoms with Crippen molar-refractivity contribution in [1.29, 1.82) is 0 Å². The number of anilines is 3. The standard InChI is InChI=1S/C53H63N3O2/c1-31-17-18-43-41(21-31)51(14,15)42-24-34(4)45(29-44(42)56(43)46-28-37(19-20-54-46)48(5,6)7)57-39-26-35(25-38(27-39)49(8,9)10)47-55-52(16)30-36-22-32(2)33(3)23-40(36)53(52,58-47)50(11,12)13/h17-29H,30H2,1-16H3/t52-,53-/m1/s1. The van der Waals surface area contributed by atoms with Crippen molar-refractivity contribution in [2.75, 3.05) is 4.90 Å². The molecule has 0 saturated heterocycles. The largest absolute Gasteiger partial charge is 0.463 e. The lowest BCUT2D eigenvalue weighted by molar-refractivity contribution is -0.0724. The first-order valence-electron chi connectivity index (χ1n) is 21.1. The first-order valence-corrected chi connectivity index (χ1v) is 21.1. The maximum absolute atomic E-state index is 7.36. The number of benzene rings is 4. The van der Waals surface area contributed by atoms with Gasteiger partial charge in [0.2, 0.25) is 5.90 Å². The highest BCUT2D eigenvalue weighted by Gasteiger charge is 2.67. The highest BCUT2D eigenvalue weighted by molar-refractivity contribution is 5.97. The summed E-state index contributed by atoms with van der Waals surface area (Å²) in [6, 6.07) is 27.0. The van der Waals surface area contributed by atoms with E-state index in [0.717, 1.165) is 51.8 Å². The summed E-state index contributed by atoms with van der Waals surface area (Å²) in [6.45, 7) is 36.1. The Morgan fingerprint density at radius 1 is 0.655 bits per heavy atom. The van der Waals surface area contributed by atoms with E-state index in [9.17, 15) is 0 Å². The number of hydrogen-bond acceptors (Lipinski definition) is 5. The van der Waals surface area contributed by atoms with E-state index in [4.69, 9.17) is 19.5 Å². The number of aliphatic imine (C=N–C) groups is 1. The summed E-state index contributed by atoms with van der Waals surface area (Å²) in [7, 11) is 0. The monoisotopic (exact) mass is 773 g/mol. The van der Waals surface area contributed by atoms with Crippen LogP contribution >= 0.6 is 0 Å². The summed E-state index contributed by atoms with van der Waals surface area (Å²) in [5, 5.41) is 0. The summed E-state index contributed by atoms with van der Waals surface area (Å²) in [5.41, 5.74) is 13.9. The van der Waals surface area contributed by atoms with Crippen molar-refractivity contribution in [3.05, 3.63) is 140 Å². The van der Waals surface area contributed by atoms with Gasteiger partial charge in [0, 0.05) is 40.6 Å². The molecular weight excluding hydrogens is 711 g/mol. The van der Waals surface area contributed by atoms with Crippen molar-refractivity contribution in [2.45, 2.75) is 145 Å². The highest BCUT2D eigenvalue weighted by Crippen LogP contribution is 2.62. The lowest BCUT2D eigenvalue weighted by Gasteiger charge is -2.46. The van der Waals surface area contributed by atoms with Gasteiger partial charge in [0.15, 0.2) is 5.60 Å². The van der Waals surface area contributed by atoms with Crippen LogP contribution in [-0.4, -0.2) is 16.4 Å². The van der Waals surface area contributed by atoms with E-state index >= 15 is 0 Å². The molecule has 58 heavy (non-hydrogen) atoms. The van der Waals surface area contributed by atoms with Gasteiger partial charge in [-0.3, -0.25) is 4.90 Å². The van der Waals surface area contributed by atoms with E-state index in [1.165, 1.54) is 44.5 Å². The van der Waals surface area contributed by atoms with Gasteiger partial charge < -0.3 is 9.47 Å². The molecule has 2 atom stereocenters. The summed E-state index contributed by atoms with van der Waals surface area (Å²) in [5.74, 6) is 3.16. The SMILES string of the molecule is Cc1ccc2c(c1)C(C)(C)c1cc(C)c(Oc3cc(C4=N[C@]5(C)Cc6cc(C)c(C)cc6[C@]5(C(C)(C)C)O4)cc(C(C)(C)C)c3)cc1N2c1cc(C(C)(C)C)ccn1. The van der Waals surface area contributed by atoms with E-state index < -0.39 is 11.1 Å². The van der Waals surface area contributed by atoms with Gasteiger partial charge in [0.05, 0.1) is 11.4 Å². The lowest BCUT2D eigenvalue weighted by Crippen LogP contribution is -2.52. The molecule has 0 unspecified atom stereocenters. The molecule has 1 aromatic heterocycles. The van der Waals surface area contributed by atoms with Gasteiger partial charge in [0.1, 0.15) is 22.9 Å². The average Bonchev–Trinajstić information content (AvgIpc) is 3.56. The highest BCUT2D eigenvalue weighted by atomic mass is 16.5. The maximum Gasteiger partial charge on any atom is 0.217 e. The minimum Gasteiger partial charge on any atom is -0.463 e. The first-order chi connectivity index (χ1) is 26.8. The Morgan fingerprint density at radius 2 is 1.31 bits per heavy atom. The number of pyridine rings is 1. The molecule has 0 saturated carbocycles. The minimum atomic E-state index is -0.611. The summed E-state index contributed by atoms with van der Waals surface area (Å²) >= 11 is 0. The van der Waals surface area contributed by atoms with Crippen molar-refractivity contribution in [3.8, 4) is 11.5 Å². The fraction of sp³-hybridized carbons (Fsp3) is 0.434. The zero-order chi connectivity index (χ0) is 42.1. The van der Waals surface area contributed by atoms with Crippen LogP contribution in [0.3, 0.4) is 0 Å². The van der Waals surface area contributed by atoms with Crippen LogP contribution in [0.1, 0.15) is 144 Å². The number of rotatable bonds is 4. The third-order valence-corrected chi connectivity index (χ3v) is 13.4. The van der Waals surface area contributed by atoms with E-state index in [0.29, 0.717) is 5.90 Å². The first kappa shape index (κ1) is 39.9. The van der Waals surface area contributed by atoms with Crippen LogP contribution in [0.25, 0.3) is 0 Å². The summed E-state index contributed by atoms with van der Waals surface area (Å²) in [6.07, 6.45) is 2.78. The molecule has 8 rings (SSSR count). The fourth-order valence-corrected chi connectivity index (χ4v) is 9.99. The Hall–Kier alpha value is -4.90. The Bertz CT molecular complexity index is 2540. The van der Waals surface area contributed by atoms with Crippen molar-refractivity contribution in [1.82, 2.24) is 4.98 Å². The zero-order valence-corrected chi connectivity index (χ0v) is 37.9. The van der Waals surface area contributed by atoms with Crippen molar-refractivity contribution in [2.24, 2.45) is 10.4 Å². The quantitative estimate of drug-likeness (QED) is 0.182. The number of fused-ring (bicyclic) bond motifs is 5. The Balaban J connectivity index is 1.26. The number of aryl methyl sites for hydroxylation is 4. The third-order valence-electron chi connectivity index (χ3n) is 13.4. The molecule has 2 aliphatic heterocycles. The van der Waals surface area contributed by atoms with Crippen LogP contribution in [0.5, 0.6) is 11.5 Å². The van der Waals surface area contributed by atoms with Crippen LogP contribution < -0.4 is 9.64 Å². The second-order valence-corrected chi connectivity index (χ2v) is 21.4. The van der Waals surface area contributed by atoms with Crippen LogP contribution in [-0.2, 0) is 33.0 Å². The molecule has 0 bridgehead atoms. The molecule has 0 fully saturated rings. The molecule has 1 aliphatic carbocycles. The van der Waals surface area contributed by atoms with E-state index in [2.05, 4.69) is 188 Å². The van der Waals surface area contributed by atoms with Gasteiger partial charge in [-0.25, -0.2) is 9.98 Å². The van der Waals surface area contributed by atoms with Crippen LogP contribution in [0, 0.1) is 33.1 Å². The molecular formula is C53H63N3O2. The van der Waals surface area contributed by atoms with E-state index in [1.54, 1.807) is 0 Å². The maximum atomic E-state index is 7.36. The summed E-state index contributed by atoms with van der Waals surface area (Å²) < 4.78 is 14.4. The summed E-state index contributed by atoms with van der Waals surface area (Å²) in [4.78, 5) is 12.9. The number of aromatic nitrogens is 1.